The highest BCUT2D eigenvalue weighted by atomic mass is 35.5. The van der Waals surface area contributed by atoms with E-state index in [1.165, 1.54) is 0 Å². The largest absolute Gasteiger partial charge is 0.292 e. The summed E-state index contributed by atoms with van der Waals surface area (Å²) in [6, 6.07) is 9.71. The molecule has 3 atom stereocenters. The maximum Gasteiger partial charge on any atom is 0.252 e. The molecule has 0 spiro atoms. The van der Waals surface area contributed by atoms with Crippen molar-refractivity contribution in [3.63, 3.8) is 0 Å². The summed E-state index contributed by atoms with van der Waals surface area (Å²) in [6.07, 6.45) is 6.21. The van der Waals surface area contributed by atoms with Crippen LogP contribution in [-0.2, 0) is 11.2 Å². The van der Waals surface area contributed by atoms with Gasteiger partial charge in [0.25, 0.3) is 5.91 Å². The molecular formula is C17H18ClN3O2. The van der Waals surface area contributed by atoms with E-state index >= 15 is 0 Å². The zero-order chi connectivity index (χ0) is 16.4. The molecule has 0 saturated heterocycles. The molecule has 0 bridgehead atoms. The molecule has 3 unspecified atom stereocenters. The van der Waals surface area contributed by atoms with Crippen LogP contribution in [0.15, 0.2) is 58.7 Å². The van der Waals surface area contributed by atoms with Gasteiger partial charge in [0.1, 0.15) is 0 Å². The van der Waals surface area contributed by atoms with Gasteiger partial charge in [-0.2, -0.15) is 5.10 Å². The van der Waals surface area contributed by atoms with E-state index in [4.69, 9.17) is 16.8 Å². The number of allylic oxidation sites excluding steroid dienone is 2. The molecule has 0 aromatic heterocycles. The Bertz CT molecular complexity index is 684. The maximum absolute atomic E-state index is 12.2. The van der Waals surface area contributed by atoms with Gasteiger partial charge in [-0.05, 0) is 24.1 Å². The van der Waals surface area contributed by atoms with Crippen molar-refractivity contribution >= 4 is 23.2 Å². The SMILES string of the molecule is CN1N=C(C(Cc2ccccc2)C(=O)NO)C2C=CC(Cl)=CC21. The van der Waals surface area contributed by atoms with Crippen molar-refractivity contribution in [1.82, 2.24) is 10.5 Å². The summed E-state index contributed by atoms with van der Waals surface area (Å²) < 4.78 is 0. The number of nitrogens with zero attached hydrogens (tertiary/aromatic N) is 2. The number of rotatable bonds is 4. The lowest BCUT2D eigenvalue weighted by Crippen LogP contribution is -2.39. The number of benzene rings is 1. The van der Waals surface area contributed by atoms with E-state index in [1.807, 2.05) is 60.6 Å². The first kappa shape index (κ1) is 15.8. The molecule has 1 aromatic rings. The fourth-order valence-electron chi connectivity index (χ4n) is 3.12. The molecule has 120 valence electrons. The lowest BCUT2D eigenvalue weighted by Gasteiger charge is -2.24. The maximum atomic E-state index is 12.2. The van der Waals surface area contributed by atoms with E-state index in [0.717, 1.165) is 11.3 Å². The number of nitrogens with one attached hydrogen (secondary N) is 1. The Labute approximate surface area is 139 Å². The van der Waals surface area contributed by atoms with Crippen LogP contribution in [0.5, 0.6) is 0 Å². The predicted octanol–water partition coefficient (Wildman–Crippen LogP) is 2.33. The van der Waals surface area contributed by atoms with Gasteiger partial charge in [-0.1, -0.05) is 48.0 Å². The minimum Gasteiger partial charge on any atom is -0.292 e. The van der Waals surface area contributed by atoms with Gasteiger partial charge in [0, 0.05) is 18.0 Å². The average molecular weight is 332 g/mol. The molecule has 0 fully saturated rings. The molecule has 1 heterocycles. The van der Waals surface area contributed by atoms with Crippen LogP contribution >= 0.6 is 11.6 Å². The van der Waals surface area contributed by atoms with Gasteiger partial charge in [0.15, 0.2) is 0 Å². The summed E-state index contributed by atoms with van der Waals surface area (Å²) in [6.45, 7) is 0. The summed E-state index contributed by atoms with van der Waals surface area (Å²) in [5.41, 5.74) is 3.53. The van der Waals surface area contributed by atoms with Gasteiger partial charge in [0.2, 0.25) is 0 Å². The molecule has 23 heavy (non-hydrogen) atoms. The summed E-state index contributed by atoms with van der Waals surface area (Å²) in [4.78, 5) is 12.2. The first-order valence-electron chi connectivity index (χ1n) is 7.44. The van der Waals surface area contributed by atoms with Crippen LogP contribution in [0.2, 0.25) is 0 Å². The Morgan fingerprint density at radius 1 is 1.43 bits per heavy atom. The molecule has 1 aliphatic heterocycles. The zero-order valence-corrected chi connectivity index (χ0v) is 13.4. The monoisotopic (exact) mass is 331 g/mol. The Hall–Kier alpha value is -2.11. The highest BCUT2D eigenvalue weighted by Gasteiger charge is 2.40. The fraction of sp³-hybridized carbons (Fsp3) is 0.294. The zero-order valence-electron chi connectivity index (χ0n) is 12.7. The Morgan fingerprint density at radius 2 is 2.17 bits per heavy atom. The second-order valence-electron chi connectivity index (χ2n) is 5.74. The molecule has 5 nitrogen and oxygen atoms in total. The van der Waals surface area contributed by atoms with Crippen LogP contribution in [0.3, 0.4) is 0 Å². The summed E-state index contributed by atoms with van der Waals surface area (Å²) in [7, 11) is 1.86. The van der Waals surface area contributed by atoms with Crippen LogP contribution in [0.1, 0.15) is 5.56 Å². The Kier molecular flexibility index (Phi) is 4.50. The van der Waals surface area contributed by atoms with Gasteiger partial charge in [-0.25, -0.2) is 5.48 Å². The summed E-state index contributed by atoms with van der Waals surface area (Å²) in [5.74, 6) is -1.00. The third kappa shape index (κ3) is 3.16. The van der Waals surface area contributed by atoms with Crippen molar-refractivity contribution in [2.75, 3.05) is 7.05 Å². The molecule has 1 amide bonds. The predicted molar refractivity (Wildman–Crippen MR) is 89.1 cm³/mol. The second-order valence-corrected chi connectivity index (χ2v) is 6.18. The minimum atomic E-state index is -0.533. The Balaban J connectivity index is 1.90. The first-order chi connectivity index (χ1) is 11.1. The number of carbonyl (C=O) groups is 1. The number of likely N-dealkylation sites (N-methyl/N-ethyl adjacent to an activating group) is 1. The van der Waals surface area contributed by atoms with Crippen molar-refractivity contribution < 1.29 is 10.0 Å². The summed E-state index contributed by atoms with van der Waals surface area (Å²) >= 11 is 6.07. The number of hydrogen-bond acceptors (Lipinski definition) is 4. The summed E-state index contributed by atoms with van der Waals surface area (Å²) in [5, 5.41) is 16.2. The molecule has 1 aromatic carbocycles. The van der Waals surface area contributed by atoms with Crippen LogP contribution < -0.4 is 5.48 Å². The number of hydroxylamine groups is 1. The van der Waals surface area contributed by atoms with Crippen LogP contribution in [-0.4, -0.2) is 34.9 Å². The molecule has 2 aliphatic rings. The fourth-order valence-corrected chi connectivity index (χ4v) is 3.32. The van der Waals surface area contributed by atoms with Crippen molar-refractivity contribution in [2.45, 2.75) is 12.5 Å². The minimum absolute atomic E-state index is 0.00673. The molecule has 0 saturated carbocycles. The van der Waals surface area contributed by atoms with E-state index < -0.39 is 11.8 Å². The van der Waals surface area contributed by atoms with E-state index in [2.05, 4.69) is 5.10 Å². The number of hydrogen-bond donors (Lipinski definition) is 2. The first-order valence-corrected chi connectivity index (χ1v) is 7.82. The highest BCUT2D eigenvalue weighted by Crippen LogP contribution is 2.33. The van der Waals surface area contributed by atoms with Crippen molar-refractivity contribution in [3.8, 4) is 0 Å². The number of amides is 1. The van der Waals surface area contributed by atoms with Gasteiger partial charge in [-0.15, -0.1) is 0 Å². The quantitative estimate of drug-likeness (QED) is 0.657. The van der Waals surface area contributed by atoms with Crippen LogP contribution in [0.25, 0.3) is 0 Å². The van der Waals surface area contributed by atoms with E-state index in [0.29, 0.717) is 11.5 Å². The standard InChI is InChI=1S/C17H18ClN3O2/c1-21-15-10-12(18)7-8-13(15)16(19-21)14(17(22)20-23)9-11-5-3-2-4-6-11/h2-8,10,13-15,23H,9H2,1H3,(H,20,22). The average Bonchev–Trinajstić information content (AvgIpc) is 2.89. The molecular weight excluding hydrogens is 314 g/mol. The van der Waals surface area contributed by atoms with Gasteiger partial charge in [0.05, 0.1) is 17.7 Å². The number of halogens is 1. The van der Waals surface area contributed by atoms with E-state index in [1.54, 1.807) is 5.48 Å². The number of fused-ring (bicyclic) bond motifs is 1. The van der Waals surface area contributed by atoms with E-state index in [9.17, 15) is 4.79 Å². The third-order valence-electron chi connectivity index (χ3n) is 4.27. The smallest absolute Gasteiger partial charge is 0.252 e. The normalized spacial score (nSPS) is 23.9. The van der Waals surface area contributed by atoms with Crippen molar-refractivity contribution in [3.05, 3.63) is 59.2 Å². The second kappa shape index (κ2) is 6.56. The Morgan fingerprint density at radius 3 is 2.87 bits per heavy atom. The van der Waals surface area contributed by atoms with Gasteiger partial charge in [-0.3, -0.25) is 15.0 Å². The highest BCUT2D eigenvalue weighted by molar-refractivity contribution is 6.31. The number of hydrazone groups is 1. The molecule has 3 rings (SSSR count). The lowest BCUT2D eigenvalue weighted by molar-refractivity contribution is -0.131. The molecule has 6 heteroatoms. The van der Waals surface area contributed by atoms with Gasteiger partial charge < -0.3 is 0 Å². The molecule has 2 N–H and O–H groups in total. The lowest BCUT2D eigenvalue weighted by atomic mass is 9.82. The third-order valence-corrected chi connectivity index (χ3v) is 4.53. The van der Waals surface area contributed by atoms with Crippen molar-refractivity contribution in [2.24, 2.45) is 16.9 Å². The molecule has 1 aliphatic carbocycles. The van der Waals surface area contributed by atoms with Crippen molar-refractivity contribution in [1.29, 1.82) is 0 Å². The van der Waals surface area contributed by atoms with Crippen LogP contribution in [0, 0.1) is 11.8 Å². The van der Waals surface area contributed by atoms with Gasteiger partial charge >= 0.3 is 0 Å². The topological polar surface area (TPSA) is 64.9 Å². The molecule has 0 radical (unpaired) electrons. The number of carbonyl (C=O) groups excluding carboxylic acids is 1. The van der Waals surface area contributed by atoms with E-state index in [-0.39, 0.29) is 12.0 Å². The van der Waals surface area contributed by atoms with Crippen LogP contribution in [0.4, 0.5) is 0 Å².